The largest absolute Gasteiger partial charge is 0.316 e. The van der Waals surface area contributed by atoms with Crippen LogP contribution in [0.15, 0.2) is 12.1 Å². The predicted molar refractivity (Wildman–Crippen MR) is 45.4 cm³/mol. The van der Waals surface area contributed by atoms with Crippen molar-refractivity contribution >= 4 is 11.6 Å². The van der Waals surface area contributed by atoms with Crippen molar-refractivity contribution in [3.05, 3.63) is 29.6 Å². The van der Waals surface area contributed by atoms with Crippen molar-refractivity contribution < 1.29 is 18.0 Å². The van der Waals surface area contributed by atoms with Crippen molar-refractivity contribution in [3.63, 3.8) is 0 Å². The lowest BCUT2D eigenvalue weighted by atomic mass is 10.2. The van der Waals surface area contributed by atoms with E-state index < -0.39 is 23.4 Å². The molecule has 14 heavy (non-hydrogen) atoms. The van der Waals surface area contributed by atoms with Crippen molar-refractivity contribution in [2.24, 2.45) is 0 Å². The number of benzene rings is 1. The van der Waals surface area contributed by atoms with Gasteiger partial charge < -0.3 is 4.90 Å². The van der Waals surface area contributed by atoms with Crippen LogP contribution in [0.1, 0.15) is 6.92 Å². The van der Waals surface area contributed by atoms with Gasteiger partial charge in [-0.1, -0.05) is 0 Å². The first-order valence-electron chi connectivity index (χ1n) is 3.82. The number of anilines is 1. The Morgan fingerprint density at radius 3 is 2.00 bits per heavy atom. The van der Waals surface area contributed by atoms with Crippen LogP contribution in [0.2, 0.25) is 0 Å². The van der Waals surface area contributed by atoms with E-state index in [0.717, 1.165) is 17.0 Å². The second kappa shape index (κ2) is 3.69. The minimum Gasteiger partial charge on any atom is -0.316 e. The molecule has 1 amide bonds. The Morgan fingerprint density at radius 2 is 1.64 bits per heavy atom. The molecule has 0 saturated heterocycles. The Morgan fingerprint density at radius 1 is 1.21 bits per heavy atom. The van der Waals surface area contributed by atoms with Crippen molar-refractivity contribution in [1.29, 1.82) is 0 Å². The van der Waals surface area contributed by atoms with Crippen LogP contribution in [0.4, 0.5) is 18.9 Å². The molecule has 0 bridgehead atoms. The fourth-order valence-corrected chi connectivity index (χ4v) is 0.918. The molecule has 0 saturated carbocycles. The lowest BCUT2D eigenvalue weighted by Crippen LogP contribution is -2.23. The van der Waals surface area contributed by atoms with Gasteiger partial charge in [-0.3, -0.25) is 4.79 Å². The molecule has 0 aromatic heterocycles. The predicted octanol–water partition coefficient (Wildman–Crippen LogP) is 2.09. The van der Waals surface area contributed by atoms with E-state index in [4.69, 9.17) is 0 Å². The van der Waals surface area contributed by atoms with Gasteiger partial charge in [0, 0.05) is 31.8 Å². The summed E-state index contributed by atoms with van der Waals surface area (Å²) in [5.74, 6) is -4.55. The molecule has 1 rings (SSSR count). The molecule has 0 N–H and O–H groups in total. The molecule has 0 aliphatic heterocycles. The van der Waals surface area contributed by atoms with Crippen molar-refractivity contribution in [1.82, 2.24) is 0 Å². The molecule has 5 heteroatoms. The molecule has 0 aliphatic rings. The molecule has 1 aromatic rings. The smallest absolute Gasteiger partial charge is 0.223 e. The van der Waals surface area contributed by atoms with Gasteiger partial charge in [0.25, 0.3) is 0 Å². The highest BCUT2D eigenvalue weighted by Crippen LogP contribution is 2.19. The number of hydrogen-bond donors (Lipinski definition) is 0. The normalized spacial score (nSPS) is 10.1. The highest BCUT2D eigenvalue weighted by atomic mass is 19.2. The summed E-state index contributed by atoms with van der Waals surface area (Å²) in [5, 5.41) is 0. The topological polar surface area (TPSA) is 20.3 Å². The zero-order valence-corrected chi connectivity index (χ0v) is 7.64. The fourth-order valence-electron chi connectivity index (χ4n) is 0.918. The molecule has 0 atom stereocenters. The highest BCUT2D eigenvalue weighted by molar-refractivity contribution is 5.90. The van der Waals surface area contributed by atoms with E-state index in [2.05, 4.69) is 0 Å². The van der Waals surface area contributed by atoms with Crippen molar-refractivity contribution in [2.45, 2.75) is 6.92 Å². The number of carbonyl (C=O) groups is 1. The molecule has 0 fully saturated rings. The van der Waals surface area contributed by atoms with Crippen LogP contribution >= 0.6 is 0 Å². The fraction of sp³-hybridized carbons (Fsp3) is 0.222. The maximum absolute atomic E-state index is 12.7. The van der Waals surface area contributed by atoms with Crippen LogP contribution in [0.5, 0.6) is 0 Å². The molecule has 2 nitrogen and oxygen atoms in total. The minimum atomic E-state index is -1.54. The number of hydrogen-bond acceptors (Lipinski definition) is 1. The summed E-state index contributed by atoms with van der Waals surface area (Å²) in [7, 11) is 1.34. The second-order valence-electron chi connectivity index (χ2n) is 2.80. The summed E-state index contributed by atoms with van der Waals surface area (Å²) in [6.45, 7) is 1.24. The van der Waals surface area contributed by atoms with Gasteiger partial charge in [-0.2, -0.15) is 0 Å². The summed E-state index contributed by atoms with van der Waals surface area (Å²) < 4.78 is 37.9. The molecular weight excluding hydrogens is 195 g/mol. The first-order chi connectivity index (χ1) is 6.43. The summed E-state index contributed by atoms with van der Waals surface area (Å²) in [6, 6.07) is 1.53. The summed E-state index contributed by atoms with van der Waals surface area (Å²) in [4.78, 5) is 11.9. The first-order valence-corrected chi connectivity index (χ1v) is 3.82. The third-order valence-electron chi connectivity index (χ3n) is 1.83. The second-order valence-corrected chi connectivity index (χ2v) is 2.80. The summed E-state index contributed by atoms with van der Waals surface area (Å²) >= 11 is 0. The number of rotatable bonds is 1. The quantitative estimate of drug-likeness (QED) is 0.640. The van der Waals surface area contributed by atoms with Crippen LogP contribution in [-0.2, 0) is 4.79 Å². The zero-order valence-electron chi connectivity index (χ0n) is 7.64. The number of amides is 1. The molecule has 0 spiro atoms. The average Bonchev–Trinajstić information content (AvgIpc) is 2.12. The van der Waals surface area contributed by atoms with Crippen LogP contribution in [0.3, 0.4) is 0 Å². The Bertz CT molecular complexity index is 355. The van der Waals surface area contributed by atoms with Gasteiger partial charge in [0.1, 0.15) is 0 Å². The molecular formula is C9H8F3NO. The SMILES string of the molecule is CC(=O)N(C)c1cc(F)c(F)c(F)c1. The molecule has 0 heterocycles. The third-order valence-corrected chi connectivity index (χ3v) is 1.83. The van der Waals surface area contributed by atoms with E-state index in [0.29, 0.717) is 0 Å². The van der Waals surface area contributed by atoms with E-state index in [1.165, 1.54) is 14.0 Å². The van der Waals surface area contributed by atoms with E-state index >= 15 is 0 Å². The summed E-state index contributed by atoms with van der Waals surface area (Å²) in [5.41, 5.74) is -0.0195. The maximum atomic E-state index is 12.7. The van der Waals surface area contributed by atoms with Gasteiger partial charge in [0.05, 0.1) is 0 Å². The summed E-state index contributed by atoms with van der Waals surface area (Å²) in [6.07, 6.45) is 0. The molecule has 76 valence electrons. The highest BCUT2D eigenvalue weighted by Gasteiger charge is 2.14. The van der Waals surface area contributed by atoms with Crippen LogP contribution in [0, 0.1) is 17.5 Å². The van der Waals surface area contributed by atoms with Gasteiger partial charge in [0.15, 0.2) is 17.5 Å². The minimum absolute atomic E-state index is 0.0195. The van der Waals surface area contributed by atoms with Gasteiger partial charge in [-0.25, -0.2) is 13.2 Å². The van der Waals surface area contributed by atoms with Crippen LogP contribution in [-0.4, -0.2) is 13.0 Å². The lowest BCUT2D eigenvalue weighted by Gasteiger charge is -2.15. The Kier molecular flexibility index (Phi) is 2.78. The van der Waals surface area contributed by atoms with E-state index in [9.17, 15) is 18.0 Å². The Balaban J connectivity index is 3.19. The third kappa shape index (κ3) is 1.86. The first kappa shape index (κ1) is 10.6. The number of carbonyl (C=O) groups excluding carboxylic acids is 1. The molecule has 0 unspecified atom stereocenters. The lowest BCUT2D eigenvalue weighted by molar-refractivity contribution is -0.116. The molecule has 0 aliphatic carbocycles. The van der Waals surface area contributed by atoms with E-state index in [1.54, 1.807) is 0 Å². The maximum Gasteiger partial charge on any atom is 0.223 e. The number of halogens is 3. The Labute approximate surface area is 78.9 Å². The van der Waals surface area contributed by atoms with Crippen LogP contribution in [0.25, 0.3) is 0 Å². The Hall–Kier alpha value is -1.52. The molecule has 0 radical (unpaired) electrons. The zero-order chi connectivity index (χ0) is 10.9. The van der Waals surface area contributed by atoms with E-state index in [-0.39, 0.29) is 5.69 Å². The van der Waals surface area contributed by atoms with Gasteiger partial charge in [0.2, 0.25) is 5.91 Å². The average molecular weight is 203 g/mol. The van der Waals surface area contributed by atoms with Gasteiger partial charge in [-0.15, -0.1) is 0 Å². The van der Waals surface area contributed by atoms with Crippen molar-refractivity contribution in [3.8, 4) is 0 Å². The van der Waals surface area contributed by atoms with Crippen molar-refractivity contribution in [2.75, 3.05) is 11.9 Å². The van der Waals surface area contributed by atoms with Gasteiger partial charge >= 0.3 is 0 Å². The standard InChI is InChI=1S/C9H8F3NO/c1-5(14)13(2)6-3-7(10)9(12)8(11)4-6/h3-4H,1-2H3. The van der Waals surface area contributed by atoms with Gasteiger partial charge in [-0.05, 0) is 0 Å². The molecule has 1 aromatic carbocycles. The van der Waals surface area contributed by atoms with Crippen LogP contribution < -0.4 is 4.90 Å². The monoisotopic (exact) mass is 203 g/mol. The van der Waals surface area contributed by atoms with E-state index in [1.807, 2.05) is 0 Å². The number of nitrogens with zero attached hydrogens (tertiary/aromatic N) is 1.